The van der Waals surface area contributed by atoms with Crippen LogP contribution in [0.4, 0.5) is 0 Å². The van der Waals surface area contributed by atoms with Crippen molar-refractivity contribution in [2.24, 2.45) is 5.41 Å². The van der Waals surface area contributed by atoms with E-state index in [-0.39, 0.29) is 0 Å². The van der Waals surface area contributed by atoms with Crippen LogP contribution in [0.5, 0.6) is 0 Å². The van der Waals surface area contributed by atoms with Crippen LogP contribution in [0.25, 0.3) is 0 Å². The smallest absolute Gasteiger partial charge is 0.310 e. The van der Waals surface area contributed by atoms with Crippen molar-refractivity contribution in [2.45, 2.75) is 39.2 Å². The lowest BCUT2D eigenvalue weighted by atomic mass is 9.76. The number of carboxylic acids is 1. The van der Waals surface area contributed by atoms with Gasteiger partial charge in [0.1, 0.15) is 0 Å². The second-order valence-electron chi connectivity index (χ2n) is 5.51. The predicted molar refractivity (Wildman–Crippen MR) is 73.7 cm³/mol. The monoisotopic (exact) mass is 262 g/mol. The largest absolute Gasteiger partial charge is 0.481 e. The number of rotatable bonds is 5. The van der Waals surface area contributed by atoms with Gasteiger partial charge in [0, 0.05) is 25.5 Å². The molecule has 1 aliphatic heterocycles. The van der Waals surface area contributed by atoms with E-state index in [4.69, 9.17) is 0 Å². The average Bonchev–Trinajstić information content (AvgIpc) is 2.40. The fourth-order valence-corrected chi connectivity index (χ4v) is 3.07. The highest BCUT2D eigenvalue weighted by Gasteiger charge is 2.41. The van der Waals surface area contributed by atoms with E-state index in [0.29, 0.717) is 6.54 Å². The van der Waals surface area contributed by atoms with Gasteiger partial charge in [0.2, 0.25) is 0 Å². The number of hydrogen-bond acceptors (Lipinski definition) is 3. The van der Waals surface area contributed by atoms with Gasteiger partial charge in [0.05, 0.1) is 5.41 Å². The van der Waals surface area contributed by atoms with Crippen LogP contribution in [-0.4, -0.2) is 34.0 Å². The molecule has 0 radical (unpaired) electrons. The molecule has 2 rings (SSSR count). The SMILES string of the molecule is CCCC1(C(=O)O)CCCN(Cc2ccncc2)C1. The summed E-state index contributed by atoms with van der Waals surface area (Å²) in [5, 5.41) is 9.57. The molecular weight excluding hydrogens is 240 g/mol. The highest BCUT2D eigenvalue weighted by atomic mass is 16.4. The number of piperidine rings is 1. The Morgan fingerprint density at radius 2 is 2.21 bits per heavy atom. The quantitative estimate of drug-likeness (QED) is 0.886. The molecule has 104 valence electrons. The summed E-state index contributed by atoms with van der Waals surface area (Å²) in [5.41, 5.74) is 0.660. The van der Waals surface area contributed by atoms with Crippen molar-refractivity contribution >= 4 is 5.97 Å². The van der Waals surface area contributed by atoms with Gasteiger partial charge in [-0.05, 0) is 43.5 Å². The van der Waals surface area contributed by atoms with Crippen LogP contribution < -0.4 is 0 Å². The summed E-state index contributed by atoms with van der Waals surface area (Å²) in [6, 6.07) is 3.99. The first-order chi connectivity index (χ1) is 9.16. The van der Waals surface area contributed by atoms with Crippen LogP contribution in [0.3, 0.4) is 0 Å². The number of hydrogen-bond donors (Lipinski definition) is 1. The molecule has 1 saturated heterocycles. The number of nitrogens with zero attached hydrogens (tertiary/aromatic N) is 2. The van der Waals surface area contributed by atoms with Gasteiger partial charge in [-0.1, -0.05) is 13.3 Å². The topological polar surface area (TPSA) is 53.4 Å². The van der Waals surface area contributed by atoms with Gasteiger partial charge in [-0.25, -0.2) is 0 Å². The van der Waals surface area contributed by atoms with Gasteiger partial charge in [0.15, 0.2) is 0 Å². The first-order valence-corrected chi connectivity index (χ1v) is 7.01. The maximum atomic E-state index is 11.6. The average molecular weight is 262 g/mol. The minimum absolute atomic E-state index is 0.542. The lowest BCUT2D eigenvalue weighted by molar-refractivity contribution is -0.153. The van der Waals surface area contributed by atoms with E-state index in [9.17, 15) is 9.90 Å². The van der Waals surface area contributed by atoms with Crippen molar-refractivity contribution in [3.05, 3.63) is 30.1 Å². The number of aromatic nitrogens is 1. The zero-order chi connectivity index (χ0) is 13.7. The van der Waals surface area contributed by atoms with Crippen molar-refractivity contribution < 1.29 is 9.90 Å². The van der Waals surface area contributed by atoms with Crippen molar-refractivity contribution in [3.63, 3.8) is 0 Å². The third kappa shape index (κ3) is 3.32. The van der Waals surface area contributed by atoms with Crippen molar-refractivity contribution in [1.82, 2.24) is 9.88 Å². The summed E-state index contributed by atoms with van der Waals surface area (Å²) in [7, 11) is 0. The fraction of sp³-hybridized carbons (Fsp3) is 0.600. The Morgan fingerprint density at radius 1 is 1.47 bits per heavy atom. The van der Waals surface area contributed by atoms with E-state index in [0.717, 1.165) is 38.8 Å². The van der Waals surface area contributed by atoms with Crippen LogP contribution in [-0.2, 0) is 11.3 Å². The Balaban J connectivity index is 2.05. The molecule has 2 heterocycles. The van der Waals surface area contributed by atoms with Gasteiger partial charge >= 0.3 is 5.97 Å². The highest BCUT2D eigenvalue weighted by molar-refractivity contribution is 5.75. The van der Waals surface area contributed by atoms with Crippen molar-refractivity contribution in [2.75, 3.05) is 13.1 Å². The number of pyridine rings is 1. The van der Waals surface area contributed by atoms with E-state index < -0.39 is 11.4 Å². The molecule has 4 nitrogen and oxygen atoms in total. The Hall–Kier alpha value is -1.42. The molecule has 1 unspecified atom stereocenters. The Labute approximate surface area is 114 Å². The number of carbonyl (C=O) groups is 1. The number of likely N-dealkylation sites (tertiary alicyclic amines) is 1. The normalized spacial score (nSPS) is 24.3. The number of carboxylic acid groups (broad SMARTS) is 1. The Bertz CT molecular complexity index is 417. The first kappa shape index (κ1) is 14.0. The highest BCUT2D eigenvalue weighted by Crippen LogP contribution is 2.35. The molecule has 0 aliphatic carbocycles. The molecule has 1 aromatic rings. The molecule has 1 atom stereocenters. The lowest BCUT2D eigenvalue weighted by Crippen LogP contribution is -2.47. The van der Waals surface area contributed by atoms with Crippen LogP contribution in [0.15, 0.2) is 24.5 Å². The summed E-state index contributed by atoms with van der Waals surface area (Å²) < 4.78 is 0. The standard InChI is InChI=1S/C15H22N2O2/c1-2-6-15(14(18)19)7-3-10-17(12-15)11-13-4-8-16-9-5-13/h4-5,8-9H,2-3,6-7,10-12H2,1H3,(H,18,19). The van der Waals surface area contributed by atoms with E-state index >= 15 is 0 Å². The molecule has 0 bridgehead atoms. The third-order valence-corrected chi connectivity index (χ3v) is 3.99. The van der Waals surface area contributed by atoms with E-state index in [1.165, 1.54) is 5.56 Å². The minimum Gasteiger partial charge on any atom is -0.481 e. The van der Waals surface area contributed by atoms with E-state index in [1.807, 2.05) is 12.1 Å². The molecular formula is C15H22N2O2. The molecule has 0 amide bonds. The summed E-state index contributed by atoms with van der Waals surface area (Å²) in [5.74, 6) is -0.631. The third-order valence-electron chi connectivity index (χ3n) is 3.99. The summed E-state index contributed by atoms with van der Waals surface area (Å²) in [6.07, 6.45) is 7.05. The Morgan fingerprint density at radius 3 is 2.84 bits per heavy atom. The summed E-state index contributed by atoms with van der Waals surface area (Å²) in [6.45, 7) is 4.54. The second-order valence-corrected chi connectivity index (χ2v) is 5.51. The zero-order valence-corrected chi connectivity index (χ0v) is 11.5. The fourth-order valence-electron chi connectivity index (χ4n) is 3.07. The van der Waals surface area contributed by atoms with E-state index in [1.54, 1.807) is 12.4 Å². The predicted octanol–water partition coefficient (Wildman–Crippen LogP) is 2.55. The van der Waals surface area contributed by atoms with Gasteiger partial charge in [-0.2, -0.15) is 0 Å². The molecule has 1 aromatic heterocycles. The lowest BCUT2D eigenvalue weighted by Gasteiger charge is -2.40. The molecule has 0 aromatic carbocycles. The van der Waals surface area contributed by atoms with Gasteiger partial charge in [-0.3, -0.25) is 14.7 Å². The van der Waals surface area contributed by atoms with Gasteiger partial charge in [0.25, 0.3) is 0 Å². The molecule has 0 spiro atoms. The first-order valence-electron chi connectivity index (χ1n) is 7.01. The minimum atomic E-state index is -0.631. The van der Waals surface area contributed by atoms with Gasteiger partial charge < -0.3 is 5.11 Å². The maximum absolute atomic E-state index is 11.6. The number of aliphatic carboxylic acids is 1. The molecule has 1 N–H and O–H groups in total. The van der Waals surface area contributed by atoms with Crippen molar-refractivity contribution in [1.29, 1.82) is 0 Å². The van der Waals surface area contributed by atoms with Crippen LogP contribution in [0, 0.1) is 5.41 Å². The molecule has 19 heavy (non-hydrogen) atoms. The summed E-state index contributed by atoms with van der Waals surface area (Å²) >= 11 is 0. The second kappa shape index (κ2) is 6.15. The van der Waals surface area contributed by atoms with E-state index in [2.05, 4.69) is 16.8 Å². The molecule has 0 saturated carbocycles. The maximum Gasteiger partial charge on any atom is 0.310 e. The van der Waals surface area contributed by atoms with Gasteiger partial charge in [-0.15, -0.1) is 0 Å². The van der Waals surface area contributed by atoms with Crippen LogP contribution in [0.2, 0.25) is 0 Å². The van der Waals surface area contributed by atoms with Crippen molar-refractivity contribution in [3.8, 4) is 0 Å². The molecule has 1 fully saturated rings. The van der Waals surface area contributed by atoms with Crippen LogP contribution in [0.1, 0.15) is 38.2 Å². The zero-order valence-electron chi connectivity index (χ0n) is 11.5. The summed E-state index contributed by atoms with van der Waals surface area (Å²) in [4.78, 5) is 17.9. The van der Waals surface area contributed by atoms with Crippen LogP contribution >= 0.6 is 0 Å². The molecule has 1 aliphatic rings. The molecule has 4 heteroatoms. The Kier molecular flexibility index (Phi) is 4.53.